The second-order valence-corrected chi connectivity index (χ2v) is 8.31. The van der Waals surface area contributed by atoms with Crippen LogP contribution in [0.2, 0.25) is 0 Å². The number of nitrogens with two attached hydrogens (primary N) is 1. The first-order chi connectivity index (χ1) is 12.2. The largest absolute Gasteiger partial charge is 0.480 e. The van der Waals surface area contributed by atoms with E-state index in [2.05, 4.69) is 0 Å². The predicted octanol–water partition coefficient (Wildman–Crippen LogP) is 2.56. The van der Waals surface area contributed by atoms with Gasteiger partial charge in [0, 0.05) is 29.4 Å². The molecule has 136 valence electrons. The van der Waals surface area contributed by atoms with Crippen LogP contribution in [0.1, 0.15) is 11.3 Å². The third kappa shape index (κ3) is 3.23. The molecule has 6 nitrogen and oxygen atoms in total. The molecule has 1 heterocycles. The van der Waals surface area contributed by atoms with Gasteiger partial charge in [-0.05, 0) is 30.2 Å². The Morgan fingerprint density at radius 1 is 1.15 bits per heavy atom. The molecular weight excluding hydrogens is 352 g/mol. The smallest absolute Gasteiger partial charge is 0.323 e. The summed E-state index contributed by atoms with van der Waals surface area (Å²) >= 11 is 0. The van der Waals surface area contributed by atoms with Crippen molar-refractivity contribution >= 4 is 26.7 Å². The topological polar surface area (TPSA) is 102 Å². The molecule has 3 aromatic rings. The Kier molecular flexibility index (Phi) is 4.60. The van der Waals surface area contributed by atoms with Crippen molar-refractivity contribution < 1.29 is 18.3 Å². The van der Waals surface area contributed by atoms with Gasteiger partial charge in [0.15, 0.2) is 9.84 Å². The standard InChI is InChI=1S/C19H20N2O4S/c1-12-19(14-5-3-13(10-20)4-6-14)16-8-7-15(26(2,24)25)9-17(16)21(12)11-18(22)23/h3-9H,10-11,20H2,1-2H3,(H,22,23). The van der Waals surface area contributed by atoms with Crippen LogP contribution in [0.25, 0.3) is 22.0 Å². The highest BCUT2D eigenvalue weighted by atomic mass is 32.2. The van der Waals surface area contributed by atoms with Crippen molar-refractivity contribution in [2.45, 2.75) is 24.9 Å². The fraction of sp³-hybridized carbons (Fsp3) is 0.211. The normalized spacial score (nSPS) is 11.8. The molecule has 0 aliphatic rings. The Bertz CT molecular complexity index is 1100. The number of aliphatic carboxylic acids is 1. The van der Waals surface area contributed by atoms with Crippen molar-refractivity contribution in [3.63, 3.8) is 0 Å². The summed E-state index contributed by atoms with van der Waals surface area (Å²) in [5.41, 5.74) is 9.83. The second kappa shape index (κ2) is 6.59. The molecule has 1 aromatic heterocycles. The maximum atomic E-state index is 11.9. The molecule has 2 aromatic carbocycles. The van der Waals surface area contributed by atoms with E-state index in [-0.39, 0.29) is 11.4 Å². The van der Waals surface area contributed by atoms with Gasteiger partial charge in [0.2, 0.25) is 0 Å². The van der Waals surface area contributed by atoms with E-state index in [1.165, 1.54) is 0 Å². The molecule has 0 radical (unpaired) electrons. The predicted molar refractivity (Wildman–Crippen MR) is 101 cm³/mol. The summed E-state index contributed by atoms with van der Waals surface area (Å²) in [6, 6.07) is 12.6. The minimum atomic E-state index is -3.39. The molecule has 0 unspecified atom stereocenters. The van der Waals surface area contributed by atoms with E-state index >= 15 is 0 Å². The van der Waals surface area contributed by atoms with E-state index in [1.807, 2.05) is 31.2 Å². The number of carboxylic acids is 1. The summed E-state index contributed by atoms with van der Waals surface area (Å²) in [5.74, 6) is -0.986. The zero-order valence-corrected chi connectivity index (χ0v) is 15.4. The van der Waals surface area contributed by atoms with Crippen LogP contribution in [-0.4, -0.2) is 30.3 Å². The lowest BCUT2D eigenvalue weighted by atomic mass is 10.0. The maximum Gasteiger partial charge on any atom is 0.323 e. The molecular formula is C19H20N2O4S. The summed E-state index contributed by atoms with van der Waals surface area (Å²) in [5, 5.41) is 10.1. The van der Waals surface area contributed by atoms with Crippen molar-refractivity contribution in [2.75, 3.05) is 6.26 Å². The summed E-state index contributed by atoms with van der Waals surface area (Å²) < 4.78 is 25.4. The lowest BCUT2D eigenvalue weighted by molar-refractivity contribution is -0.137. The lowest BCUT2D eigenvalue weighted by Crippen LogP contribution is -2.10. The molecule has 3 rings (SSSR count). The number of benzene rings is 2. The number of carbonyl (C=O) groups is 1. The molecule has 26 heavy (non-hydrogen) atoms. The molecule has 0 amide bonds. The minimum absolute atomic E-state index is 0.166. The number of fused-ring (bicyclic) bond motifs is 1. The maximum absolute atomic E-state index is 11.9. The molecule has 0 fully saturated rings. The third-order valence-corrected chi connectivity index (χ3v) is 5.61. The Morgan fingerprint density at radius 2 is 1.81 bits per heavy atom. The summed E-state index contributed by atoms with van der Waals surface area (Å²) in [6.07, 6.45) is 1.14. The molecule has 0 aliphatic heterocycles. The van der Waals surface area contributed by atoms with Gasteiger partial charge in [-0.1, -0.05) is 30.3 Å². The van der Waals surface area contributed by atoms with Crippen molar-refractivity contribution in [3.8, 4) is 11.1 Å². The zero-order chi connectivity index (χ0) is 19.1. The Labute approximate surface area is 151 Å². The lowest BCUT2D eigenvalue weighted by Gasteiger charge is -2.06. The van der Waals surface area contributed by atoms with Gasteiger partial charge < -0.3 is 15.4 Å². The molecule has 0 saturated carbocycles. The quantitative estimate of drug-likeness (QED) is 0.716. The van der Waals surface area contributed by atoms with Crippen LogP contribution in [0.3, 0.4) is 0 Å². The van der Waals surface area contributed by atoms with E-state index in [0.29, 0.717) is 12.1 Å². The number of hydrogen-bond acceptors (Lipinski definition) is 4. The van der Waals surface area contributed by atoms with E-state index in [1.54, 1.807) is 22.8 Å². The second-order valence-electron chi connectivity index (χ2n) is 6.29. The average Bonchev–Trinajstić information content (AvgIpc) is 2.85. The molecule has 3 N–H and O–H groups in total. The first kappa shape index (κ1) is 18.2. The van der Waals surface area contributed by atoms with Crippen LogP contribution in [-0.2, 0) is 27.7 Å². The highest BCUT2D eigenvalue weighted by Crippen LogP contribution is 2.36. The molecule has 0 aliphatic carbocycles. The zero-order valence-electron chi connectivity index (χ0n) is 14.6. The summed E-state index contributed by atoms with van der Waals surface area (Å²) in [6.45, 7) is 2.05. The van der Waals surface area contributed by atoms with Gasteiger partial charge in [-0.3, -0.25) is 4.79 Å². The fourth-order valence-electron chi connectivity index (χ4n) is 3.20. The van der Waals surface area contributed by atoms with Crippen molar-refractivity contribution in [3.05, 3.63) is 53.7 Å². The monoisotopic (exact) mass is 372 g/mol. The average molecular weight is 372 g/mol. The molecule has 0 atom stereocenters. The summed E-state index contributed by atoms with van der Waals surface area (Å²) in [7, 11) is -3.39. The number of hydrogen-bond donors (Lipinski definition) is 2. The Morgan fingerprint density at radius 3 is 2.35 bits per heavy atom. The van der Waals surface area contributed by atoms with Gasteiger partial charge in [-0.25, -0.2) is 8.42 Å². The van der Waals surface area contributed by atoms with Crippen molar-refractivity contribution in [1.82, 2.24) is 4.57 Å². The van der Waals surface area contributed by atoms with Gasteiger partial charge in [0.25, 0.3) is 0 Å². The van der Waals surface area contributed by atoms with Crippen LogP contribution >= 0.6 is 0 Å². The van der Waals surface area contributed by atoms with Gasteiger partial charge in [0.1, 0.15) is 6.54 Å². The molecule has 0 saturated heterocycles. The van der Waals surface area contributed by atoms with Gasteiger partial charge in [0.05, 0.1) is 10.4 Å². The Balaban J connectivity index is 2.32. The number of sulfone groups is 1. The minimum Gasteiger partial charge on any atom is -0.480 e. The van der Waals surface area contributed by atoms with E-state index in [9.17, 15) is 18.3 Å². The van der Waals surface area contributed by atoms with Crippen LogP contribution in [0.15, 0.2) is 47.4 Å². The van der Waals surface area contributed by atoms with Crippen molar-refractivity contribution in [2.24, 2.45) is 5.73 Å². The van der Waals surface area contributed by atoms with Crippen LogP contribution in [0.4, 0.5) is 0 Å². The van der Waals surface area contributed by atoms with E-state index in [0.717, 1.165) is 34.0 Å². The summed E-state index contributed by atoms with van der Waals surface area (Å²) in [4.78, 5) is 11.5. The highest BCUT2D eigenvalue weighted by molar-refractivity contribution is 7.90. The Hall–Kier alpha value is -2.64. The van der Waals surface area contributed by atoms with Gasteiger partial charge in [-0.2, -0.15) is 0 Å². The first-order valence-electron chi connectivity index (χ1n) is 8.06. The number of nitrogens with zero attached hydrogens (tertiary/aromatic N) is 1. The molecule has 0 spiro atoms. The van der Waals surface area contributed by atoms with E-state index in [4.69, 9.17) is 5.73 Å². The number of rotatable bonds is 5. The SMILES string of the molecule is Cc1c(-c2ccc(CN)cc2)c2ccc(S(C)(=O)=O)cc2n1CC(=O)O. The number of aromatic nitrogens is 1. The van der Waals surface area contributed by atoms with Crippen molar-refractivity contribution in [1.29, 1.82) is 0 Å². The van der Waals surface area contributed by atoms with Gasteiger partial charge >= 0.3 is 5.97 Å². The third-order valence-electron chi connectivity index (χ3n) is 4.50. The van der Waals surface area contributed by atoms with Gasteiger partial charge in [-0.15, -0.1) is 0 Å². The first-order valence-corrected chi connectivity index (χ1v) is 9.95. The fourth-order valence-corrected chi connectivity index (χ4v) is 3.84. The van der Waals surface area contributed by atoms with Crippen LogP contribution in [0.5, 0.6) is 0 Å². The van der Waals surface area contributed by atoms with E-state index < -0.39 is 15.8 Å². The number of carboxylic acid groups (broad SMARTS) is 1. The van der Waals surface area contributed by atoms with Crippen LogP contribution in [0, 0.1) is 6.92 Å². The van der Waals surface area contributed by atoms with Crippen LogP contribution < -0.4 is 5.73 Å². The molecule has 0 bridgehead atoms. The highest BCUT2D eigenvalue weighted by Gasteiger charge is 2.19. The molecule has 7 heteroatoms.